The zero-order valence-electron chi connectivity index (χ0n) is 15.3. The van der Waals surface area contributed by atoms with E-state index in [0.717, 1.165) is 35.9 Å². The first kappa shape index (κ1) is 17.1. The van der Waals surface area contributed by atoms with E-state index in [4.69, 9.17) is 4.74 Å². The van der Waals surface area contributed by atoms with Crippen molar-refractivity contribution in [1.29, 1.82) is 0 Å². The highest BCUT2D eigenvalue weighted by molar-refractivity contribution is 5.89. The van der Waals surface area contributed by atoms with Crippen molar-refractivity contribution in [3.05, 3.63) is 42.4 Å². The maximum absolute atomic E-state index is 12.5. The van der Waals surface area contributed by atoms with E-state index in [1.807, 2.05) is 42.3 Å². The lowest BCUT2D eigenvalue weighted by atomic mass is 10.3. The number of benzene rings is 1. The Kier molecular flexibility index (Phi) is 4.49. The molecule has 1 saturated heterocycles. The molecule has 1 fully saturated rings. The molecule has 9 nitrogen and oxygen atoms in total. The van der Waals surface area contributed by atoms with Crippen LogP contribution in [0.15, 0.2) is 36.5 Å². The van der Waals surface area contributed by atoms with E-state index in [0.29, 0.717) is 18.8 Å². The minimum absolute atomic E-state index is 0.107. The van der Waals surface area contributed by atoms with Crippen LogP contribution in [0.4, 0.5) is 16.2 Å². The summed E-state index contributed by atoms with van der Waals surface area (Å²) in [5.41, 5.74) is 2.43. The quantitative estimate of drug-likeness (QED) is 0.759. The number of nitrogens with zero attached hydrogens (tertiary/aromatic N) is 6. The fourth-order valence-electron chi connectivity index (χ4n) is 3.14. The summed E-state index contributed by atoms with van der Waals surface area (Å²) in [6, 6.07) is 9.20. The standard InChI is InChI=1S/C18H21N7O2/c1-13-21-22-17-11-15(12-19-25(13)17)23-6-8-24(9-7-23)18(26)20-14-4-3-5-16(10-14)27-2/h3-5,10-12H,6-9H2,1-2H3,(H,20,26). The van der Waals surface area contributed by atoms with Crippen LogP contribution in [0.25, 0.3) is 5.65 Å². The molecule has 0 atom stereocenters. The molecule has 3 heterocycles. The highest BCUT2D eigenvalue weighted by atomic mass is 16.5. The molecule has 0 spiro atoms. The molecule has 1 aromatic carbocycles. The summed E-state index contributed by atoms with van der Waals surface area (Å²) in [5.74, 6) is 1.47. The number of rotatable bonds is 3. The van der Waals surface area contributed by atoms with Gasteiger partial charge in [-0.1, -0.05) is 6.07 Å². The van der Waals surface area contributed by atoms with E-state index in [1.165, 1.54) is 0 Å². The maximum atomic E-state index is 12.5. The molecule has 2 aromatic heterocycles. The van der Waals surface area contributed by atoms with Crippen LogP contribution in [0.1, 0.15) is 5.82 Å². The lowest BCUT2D eigenvalue weighted by Gasteiger charge is -2.35. The lowest BCUT2D eigenvalue weighted by Crippen LogP contribution is -2.50. The number of fused-ring (bicyclic) bond motifs is 1. The molecule has 1 N–H and O–H groups in total. The van der Waals surface area contributed by atoms with E-state index in [2.05, 4.69) is 25.5 Å². The molecule has 0 saturated carbocycles. The third-order valence-electron chi connectivity index (χ3n) is 4.66. The number of aromatic nitrogens is 4. The van der Waals surface area contributed by atoms with Crippen molar-refractivity contribution in [1.82, 2.24) is 24.7 Å². The molecule has 1 aliphatic heterocycles. The van der Waals surface area contributed by atoms with Crippen LogP contribution in [-0.4, -0.2) is 64.0 Å². The minimum atomic E-state index is -0.107. The monoisotopic (exact) mass is 367 g/mol. The van der Waals surface area contributed by atoms with Gasteiger partial charge >= 0.3 is 6.03 Å². The van der Waals surface area contributed by atoms with Crippen LogP contribution < -0.4 is 15.0 Å². The van der Waals surface area contributed by atoms with E-state index in [-0.39, 0.29) is 6.03 Å². The van der Waals surface area contributed by atoms with Crippen LogP contribution >= 0.6 is 0 Å². The summed E-state index contributed by atoms with van der Waals surface area (Å²) >= 11 is 0. The van der Waals surface area contributed by atoms with Gasteiger partial charge in [-0.3, -0.25) is 0 Å². The molecule has 0 unspecified atom stereocenters. The van der Waals surface area contributed by atoms with Gasteiger partial charge in [0, 0.05) is 44.0 Å². The predicted molar refractivity (Wildman–Crippen MR) is 101 cm³/mol. The number of carbonyl (C=O) groups excluding carboxylic acids is 1. The molecule has 2 amide bonds. The van der Waals surface area contributed by atoms with Crippen LogP contribution in [0.5, 0.6) is 5.75 Å². The van der Waals surface area contributed by atoms with Crippen molar-refractivity contribution in [2.75, 3.05) is 43.5 Å². The third kappa shape index (κ3) is 3.48. The summed E-state index contributed by atoms with van der Waals surface area (Å²) in [6.45, 7) is 4.60. The van der Waals surface area contributed by atoms with Crippen molar-refractivity contribution >= 4 is 23.1 Å². The number of anilines is 2. The van der Waals surface area contributed by atoms with Gasteiger partial charge in [0.2, 0.25) is 0 Å². The number of nitrogens with one attached hydrogen (secondary N) is 1. The SMILES string of the molecule is COc1cccc(NC(=O)N2CCN(c3cnn4c(C)nnc4c3)CC2)c1. The Morgan fingerprint density at radius 2 is 1.96 bits per heavy atom. The number of amides is 2. The molecule has 27 heavy (non-hydrogen) atoms. The first-order valence-electron chi connectivity index (χ1n) is 8.77. The predicted octanol–water partition coefficient (Wildman–Crippen LogP) is 1.80. The number of aryl methyl sites for hydroxylation is 1. The number of methoxy groups -OCH3 is 1. The Balaban J connectivity index is 1.38. The van der Waals surface area contributed by atoms with Crippen LogP contribution in [0, 0.1) is 6.92 Å². The van der Waals surface area contributed by atoms with Gasteiger partial charge in [0.05, 0.1) is 19.0 Å². The summed E-state index contributed by atoms with van der Waals surface area (Å²) in [6.07, 6.45) is 1.81. The van der Waals surface area contributed by atoms with E-state index in [9.17, 15) is 4.79 Å². The second kappa shape index (κ2) is 7.10. The van der Waals surface area contributed by atoms with Gasteiger partial charge in [-0.25, -0.2) is 4.79 Å². The van der Waals surface area contributed by atoms with Crippen LogP contribution in [0.3, 0.4) is 0 Å². The largest absolute Gasteiger partial charge is 0.497 e. The smallest absolute Gasteiger partial charge is 0.321 e. The molecule has 0 aliphatic carbocycles. The fourth-order valence-corrected chi connectivity index (χ4v) is 3.14. The number of piperazine rings is 1. The average Bonchev–Trinajstić information content (AvgIpc) is 3.08. The van der Waals surface area contributed by atoms with Crippen LogP contribution in [0.2, 0.25) is 0 Å². The summed E-state index contributed by atoms with van der Waals surface area (Å²) < 4.78 is 6.90. The lowest BCUT2D eigenvalue weighted by molar-refractivity contribution is 0.208. The van der Waals surface area contributed by atoms with Gasteiger partial charge < -0.3 is 19.9 Å². The number of carbonyl (C=O) groups is 1. The summed E-state index contributed by atoms with van der Waals surface area (Å²) in [4.78, 5) is 16.5. The van der Waals surface area contributed by atoms with Crippen molar-refractivity contribution < 1.29 is 9.53 Å². The minimum Gasteiger partial charge on any atom is -0.497 e. The maximum Gasteiger partial charge on any atom is 0.321 e. The van der Waals surface area contributed by atoms with Crippen LogP contribution in [-0.2, 0) is 0 Å². The van der Waals surface area contributed by atoms with Gasteiger partial charge in [-0.05, 0) is 19.1 Å². The zero-order chi connectivity index (χ0) is 18.8. The number of urea groups is 1. The Hall–Kier alpha value is -3.36. The van der Waals surface area contributed by atoms with Crippen molar-refractivity contribution in [3.63, 3.8) is 0 Å². The van der Waals surface area contributed by atoms with Crippen molar-refractivity contribution in [2.24, 2.45) is 0 Å². The van der Waals surface area contributed by atoms with E-state index in [1.54, 1.807) is 17.7 Å². The fraction of sp³-hybridized carbons (Fsp3) is 0.333. The Labute approximate surface area is 156 Å². The topological polar surface area (TPSA) is 87.9 Å². The highest BCUT2D eigenvalue weighted by Crippen LogP contribution is 2.19. The first-order chi connectivity index (χ1) is 13.1. The zero-order valence-corrected chi connectivity index (χ0v) is 15.3. The summed E-state index contributed by atoms with van der Waals surface area (Å²) in [5, 5.41) is 15.5. The third-order valence-corrected chi connectivity index (χ3v) is 4.66. The summed E-state index contributed by atoms with van der Waals surface area (Å²) in [7, 11) is 1.60. The van der Waals surface area contributed by atoms with Gasteiger partial charge in [-0.15, -0.1) is 10.2 Å². The van der Waals surface area contributed by atoms with Gasteiger partial charge in [-0.2, -0.15) is 9.61 Å². The Morgan fingerprint density at radius 1 is 1.15 bits per heavy atom. The van der Waals surface area contributed by atoms with Gasteiger partial charge in [0.25, 0.3) is 0 Å². The second-order valence-electron chi connectivity index (χ2n) is 6.37. The molecule has 3 aromatic rings. The number of ether oxygens (including phenoxy) is 1. The number of hydrogen-bond donors (Lipinski definition) is 1. The molecular weight excluding hydrogens is 346 g/mol. The first-order valence-corrected chi connectivity index (χ1v) is 8.77. The Morgan fingerprint density at radius 3 is 2.74 bits per heavy atom. The second-order valence-corrected chi connectivity index (χ2v) is 6.37. The van der Waals surface area contributed by atoms with Crippen molar-refractivity contribution in [2.45, 2.75) is 6.92 Å². The molecule has 1 aliphatic rings. The molecule has 9 heteroatoms. The molecule has 140 valence electrons. The van der Waals surface area contributed by atoms with Crippen molar-refractivity contribution in [3.8, 4) is 5.75 Å². The molecular formula is C18H21N7O2. The van der Waals surface area contributed by atoms with E-state index >= 15 is 0 Å². The highest BCUT2D eigenvalue weighted by Gasteiger charge is 2.22. The van der Waals surface area contributed by atoms with Gasteiger partial charge in [0.1, 0.15) is 5.75 Å². The molecule has 0 radical (unpaired) electrons. The normalized spacial score (nSPS) is 14.4. The molecule has 0 bridgehead atoms. The Bertz CT molecular complexity index is 963. The molecule has 4 rings (SSSR count). The van der Waals surface area contributed by atoms with Gasteiger partial charge in [0.15, 0.2) is 11.5 Å². The average molecular weight is 367 g/mol. The number of hydrogen-bond acceptors (Lipinski definition) is 6. The van der Waals surface area contributed by atoms with E-state index < -0.39 is 0 Å².